The van der Waals surface area contributed by atoms with E-state index in [0.29, 0.717) is 17.9 Å². The van der Waals surface area contributed by atoms with E-state index >= 15 is 0 Å². The predicted octanol–water partition coefficient (Wildman–Crippen LogP) is 2.93. The molecule has 0 aromatic heterocycles. The molecule has 0 atom stereocenters. The van der Waals surface area contributed by atoms with E-state index in [1.165, 1.54) is 11.8 Å². The van der Waals surface area contributed by atoms with Gasteiger partial charge < -0.3 is 10.5 Å². The molecule has 2 N–H and O–H groups in total. The van der Waals surface area contributed by atoms with Crippen molar-refractivity contribution in [2.75, 3.05) is 4.90 Å². The number of primary amides is 1. The first kappa shape index (κ1) is 14.1. The molecule has 2 amide bonds. The minimum absolute atomic E-state index is 0.388. The lowest BCUT2D eigenvalue weighted by atomic mass is 10.0. The van der Waals surface area contributed by atoms with E-state index in [1.807, 2.05) is 30.3 Å². The van der Waals surface area contributed by atoms with Crippen LogP contribution in [-0.4, -0.2) is 12.0 Å². The number of carbonyl (C=O) groups excluding carboxylic acids is 2. The van der Waals surface area contributed by atoms with E-state index in [-0.39, 0.29) is 5.97 Å². The highest BCUT2D eigenvalue weighted by Crippen LogP contribution is 2.39. The van der Waals surface area contributed by atoms with E-state index in [9.17, 15) is 9.59 Å². The average Bonchev–Trinajstić information content (AvgIpc) is 2.63. The lowest BCUT2D eigenvalue weighted by Crippen LogP contribution is -2.32. The standard InChI is InChI=1S/C17H16N2O3/c1-11(20)22-16-8-4-7-15-13(16)10-9-12-5-2-3-6-14(12)19(15)17(18)21/h2-8H,9-10H2,1H3,(H2,18,21). The summed E-state index contributed by atoms with van der Waals surface area (Å²) in [7, 11) is 0. The quantitative estimate of drug-likeness (QED) is 0.649. The second kappa shape index (κ2) is 5.52. The van der Waals surface area contributed by atoms with Crippen molar-refractivity contribution in [2.45, 2.75) is 19.8 Å². The van der Waals surface area contributed by atoms with Crippen LogP contribution in [-0.2, 0) is 17.6 Å². The molecule has 0 radical (unpaired) electrons. The van der Waals surface area contributed by atoms with Crippen LogP contribution in [0.5, 0.6) is 5.75 Å². The third-order valence-corrected chi connectivity index (χ3v) is 3.70. The Morgan fingerprint density at radius 2 is 1.77 bits per heavy atom. The van der Waals surface area contributed by atoms with Crippen molar-refractivity contribution in [3.8, 4) is 5.75 Å². The predicted molar refractivity (Wildman–Crippen MR) is 83.3 cm³/mol. The Kier molecular flexibility index (Phi) is 3.55. The zero-order chi connectivity index (χ0) is 15.7. The second-order valence-electron chi connectivity index (χ2n) is 5.15. The largest absolute Gasteiger partial charge is 0.426 e. The molecule has 1 aliphatic heterocycles. The normalized spacial score (nSPS) is 12.9. The Balaban J connectivity index is 2.19. The van der Waals surface area contributed by atoms with Gasteiger partial charge in [-0.3, -0.25) is 9.69 Å². The van der Waals surface area contributed by atoms with E-state index in [0.717, 1.165) is 23.2 Å². The average molecular weight is 296 g/mol. The molecule has 5 nitrogen and oxygen atoms in total. The summed E-state index contributed by atoms with van der Waals surface area (Å²) in [6, 6.07) is 12.4. The Hall–Kier alpha value is -2.82. The SMILES string of the molecule is CC(=O)Oc1cccc2c1CCc1ccccc1N2C(N)=O. The minimum atomic E-state index is -0.560. The molecular weight excluding hydrogens is 280 g/mol. The lowest BCUT2D eigenvalue weighted by Gasteiger charge is -2.23. The van der Waals surface area contributed by atoms with Crippen molar-refractivity contribution in [3.63, 3.8) is 0 Å². The minimum Gasteiger partial charge on any atom is -0.426 e. The highest BCUT2D eigenvalue weighted by Gasteiger charge is 2.26. The van der Waals surface area contributed by atoms with Crippen LogP contribution in [0, 0.1) is 0 Å². The number of anilines is 2. The van der Waals surface area contributed by atoms with Crippen LogP contribution in [0.1, 0.15) is 18.1 Å². The molecule has 3 rings (SSSR count). The van der Waals surface area contributed by atoms with Crippen molar-refractivity contribution >= 4 is 23.4 Å². The number of amides is 2. The van der Waals surface area contributed by atoms with Crippen LogP contribution >= 0.6 is 0 Å². The molecule has 0 aliphatic carbocycles. The number of nitrogens with zero attached hydrogens (tertiary/aromatic N) is 1. The lowest BCUT2D eigenvalue weighted by molar-refractivity contribution is -0.131. The van der Waals surface area contributed by atoms with Gasteiger partial charge in [0.15, 0.2) is 0 Å². The number of carbonyl (C=O) groups is 2. The summed E-state index contributed by atoms with van der Waals surface area (Å²) in [5, 5.41) is 0. The van der Waals surface area contributed by atoms with Crippen molar-refractivity contribution in [1.29, 1.82) is 0 Å². The molecule has 2 aromatic carbocycles. The van der Waals surface area contributed by atoms with Crippen molar-refractivity contribution in [3.05, 3.63) is 53.6 Å². The highest BCUT2D eigenvalue weighted by molar-refractivity contribution is 6.00. The van der Waals surface area contributed by atoms with Gasteiger partial charge in [-0.05, 0) is 36.6 Å². The molecule has 0 unspecified atom stereocenters. The van der Waals surface area contributed by atoms with Crippen LogP contribution in [0.4, 0.5) is 16.2 Å². The number of hydrogen-bond donors (Lipinski definition) is 1. The number of esters is 1. The topological polar surface area (TPSA) is 72.6 Å². The van der Waals surface area contributed by atoms with Gasteiger partial charge in [-0.1, -0.05) is 24.3 Å². The third-order valence-electron chi connectivity index (χ3n) is 3.70. The molecule has 0 saturated carbocycles. The fraction of sp³-hybridized carbons (Fsp3) is 0.176. The summed E-state index contributed by atoms with van der Waals surface area (Å²) < 4.78 is 5.28. The van der Waals surface area contributed by atoms with Gasteiger partial charge in [0, 0.05) is 12.5 Å². The molecule has 0 spiro atoms. The Labute approximate surface area is 128 Å². The van der Waals surface area contributed by atoms with E-state index in [4.69, 9.17) is 10.5 Å². The van der Waals surface area contributed by atoms with Crippen LogP contribution in [0.3, 0.4) is 0 Å². The molecular formula is C17H16N2O3. The summed E-state index contributed by atoms with van der Waals surface area (Å²) in [6.07, 6.45) is 1.41. The second-order valence-corrected chi connectivity index (χ2v) is 5.15. The zero-order valence-electron chi connectivity index (χ0n) is 12.2. The summed E-state index contributed by atoms with van der Waals surface area (Å²) in [5.41, 5.74) is 8.88. The summed E-state index contributed by atoms with van der Waals surface area (Å²) in [5.74, 6) is 0.0878. The van der Waals surface area contributed by atoms with Crippen molar-refractivity contribution < 1.29 is 14.3 Å². The monoisotopic (exact) mass is 296 g/mol. The number of ether oxygens (including phenoxy) is 1. The van der Waals surface area contributed by atoms with Crippen LogP contribution in [0.25, 0.3) is 0 Å². The molecule has 1 aliphatic rings. The summed E-state index contributed by atoms with van der Waals surface area (Å²) in [6.45, 7) is 1.36. The Morgan fingerprint density at radius 3 is 2.50 bits per heavy atom. The number of nitrogens with two attached hydrogens (primary N) is 1. The maximum atomic E-state index is 12.0. The molecule has 0 bridgehead atoms. The third kappa shape index (κ3) is 2.41. The first-order valence-corrected chi connectivity index (χ1v) is 7.05. The van der Waals surface area contributed by atoms with Gasteiger partial charge in [-0.2, -0.15) is 0 Å². The van der Waals surface area contributed by atoms with Crippen molar-refractivity contribution in [1.82, 2.24) is 0 Å². The molecule has 5 heteroatoms. The molecule has 0 fully saturated rings. The van der Waals surface area contributed by atoms with Gasteiger partial charge in [-0.25, -0.2) is 4.79 Å². The number of para-hydroxylation sites is 1. The summed E-state index contributed by atoms with van der Waals surface area (Å²) >= 11 is 0. The number of rotatable bonds is 1. The van der Waals surface area contributed by atoms with Crippen LogP contribution in [0.2, 0.25) is 0 Å². The van der Waals surface area contributed by atoms with Gasteiger partial charge in [0.1, 0.15) is 5.75 Å². The number of aryl methyl sites for hydroxylation is 1. The van der Waals surface area contributed by atoms with Gasteiger partial charge in [0.05, 0.1) is 11.4 Å². The number of fused-ring (bicyclic) bond motifs is 2. The zero-order valence-corrected chi connectivity index (χ0v) is 12.2. The first-order chi connectivity index (χ1) is 10.6. The molecule has 112 valence electrons. The molecule has 0 saturated heterocycles. The fourth-order valence-electron chi connectivity index (χ4n) is 2.83. The first-order valence-electron chi connectivity index (χ1n) is 7.05. The number of benzene rings is 2. The summed E-state index contributed by atoms with van der Waals surface area (Å²) in [4.78, 5) is 24.8. The molecule has 22 heavy (non-hydrogen) atoms. The van der Waals surface area contributed by atoms with Crippen LogP contribution < -0.4 is 15.4 Å². The van der Waals surface area contributed by atoms with Crippen LogP contribution in [0.15, 0.2) is 42.5 Å². The van der Waals surface area contributed by atoms with E-state index < -0.39 is 6.03 Å². The number of urea groups is 1. The molecule has 1 heterocycles. The smallest absolute Gasteiger partial charge is 0.323 e. The highest BCUT2D eigenvalue weighted by atomic mass is 16.5. The van der Waals surface area contributed by atoms with Gasteiger partial charge in [0.2, 0.25) is 0 Å². The van der Waals surface area contributed by atoms with Gasteiger partial charge >= 0.3 is 12.0 Å². The van der Waals surface area contributed by atoms with Gasteiger partial charge in [-0.15, -0.1) is 0 Å². The van der Waals surface area contributed by atoms with E-state index in [1.54, 1.807) is 12.1 Å². The van der Waals surface area contributed by atoms with E-state index in [2.05, 4.69) is 0 Å². The maximum Gasteiger partial charge on any atom is 0.323 e. The van der Waals surface area contributed by atoms with Gasteiger partial charge in [0.25, 0.3) is 0 Å². The maximum absolute atomic E-state index is 12.0. The Morgan fingerprint density at radius 1 is 1.05 bits per heavy atom. The Bertz CT molecular complexity index is 755. The molecule has 2 aromatic rings. The van der Waals surface area contributed by atoms with Crippen molar-refractivity contribution in [2.24, 2.45) is 5.73 Å². The number of hydrogen-bond acceptors (Lipinski definition) is 3. The fourth-order valence-corrected chi connectivity index (χ4v) is 2.83.